The Labute approximate surface area is 108 Å². The number of anilines is 1. The number of nitrogens with two attached hydrogens (primary N) is 1. The van der Waals surface area contributed by atoms with E-state index in [9.17, 15) is 0 Å². The molecule has 2 heteroatoms. The summed E-state index contributed by atoms with van der Waals surface area (Å²) in [7, 11) is 1.71. The fourth-order valence-corrected chi connectivity index (χ4v) is 2.17. The fraction of sp³-hybridized carbons (Fsp3) is 0.250. The van der Waals surface area contributed by atoms with Crippen molar-refractivity contribution in [2.45, 2.75) is 20.3 Å². The van der Waals surface area contributed by atoms with Gasteiger partial charge in [-0.05, 0) is 48.2 Å². The number of hydrogen-bond donors (Lipinski definition) is 1. The fourth-order valence-electron chi connectivity index (χ4n) is 2.17. The van der Waals surface area contributed by atoms with E-state index in [0.29, 0.717) is 0 Å². The summed E-state index contributed by atoms with van der Waals surface area (Å²) in [6.07, 6.45) is 1.01. The van der Waals surface area contributed by atoms with Gasteiger partial charge in [-0.25, -0.2) is 0 Å². The van der Waals surface area contributed by atoms with Gasteiger partial charge in [-0.1, -0.05) is 25.1 Å². The summed E-state index contributed by atoms with van der Waals surface area (Å²) in [4.78, 5) is 0. The zero-order valence-electron chi connectivity index (χ0n) is 11.2. The number of aryl methyl sites for hydroxylation is 2. The molecule has 0 aliphatic rings. The quantitative estimate of drug-likeness (QED) is 0.829. The van der Waals surface area contributed by atoms with Crippen LogP contribution >= 0.6 is 0 Å². The van der Waals surface area contributed by atoms with Crippen molar-refractivity contribution in [3.63, 3.8) is 0 Å². The van der Waals surface area contributed by atoms with Crippen LogP contribution in [0.4, 0.5) is 5.69 Å². The Morgan fingerprint density at radius 1 is 1.06 bits per heavy atom. The third-order valence-corrected chi connectivity index (χ3v) is 3.21. The maximum absolute atomic E-state index is 5.79. The lowest BCUT2D eigenvalue weighted by atomic mass is 9.97. The van der Waals surface area contributed by atoms with Gasteiger partial charge in [0, 0.05) is 11.3 Å². The van der Waals surface area contributed by atoms with Crippen molar-refractivity contribution in [3.05, 3.63) is 47.5 Å². The van der Waals surface area contributed by atoms with Crippen LogP contribution in [0, 0.1) is 6.92 Å². The number of rotatable bonds is 3. The Kier molecular flexibility index (Phi) is 3.56. The van der Waals surface area contributed by atoms with Gasteiger partial charge in [-0.15, -0.1) is 0 Å². The van der Waals surface area contributed by atoms with E-state index in [4.69, 9.17) is 10.5 Å². The molecule has 0 fully saturated rings. The van der Waals surface area contributed by atoms with Crippen LogP contribution in [-0.4, -0.2) is 7.11 Å². The minimum absolute atomic E-state index is 0.792. The van der Waals surface area contributed by atoms with Crippen LogP contribution in [-0.2, 0) is 6.42 Å². The molecule has 2 aromatic rings. The zero-order valence-corrected chi connectivity index (χ0v) is 11.2. The molecule has 0 saturated heterocycles. The van der Waals surface area contributed by atoms with Crippen molar-refractivity contribution >= 4 is 5.69 Å². The first-order valence-corrected chi connectivity index (χ1v) is 6.19. The van der Waals surface area contributed by atoms with Gasteiger partial charge < -0.3 is 10.5 Å². The molecule has 0 aliphatic heterocycles. The molecule has 2 nitrogen and oxygen atoms in total. The standard InChI is InChI=1S/C16H19NO/c1-4-12-5-7-15(16(10-12)18-3)14-8-6-13(17)9-11(14)2/h5-10H,4,17H2,1-3H3. The van der Waals surface area contributed by atoms with Crippen molar-refractivity contribution in [2.24, 2.45) is 0 Å². The molecule has 0 amide bonds. The molecule has 0 unspecified atom stereocenters. The summed E-state index contributed by atoms with van der Waals surface area (Å²) in [5.74, 6) is 0.919. The first kappa shape index (κ1) is 12.5. The largest absolute Gasteiger partial charge is 0.496 e. The van der Waals surface area contributed by atoms with E-state index in [1.165, 1.54) is 11.1 Å². The maximum Gasteiger partial charge on any atom is 0.126 e. The molecule has 0 bridgehead atoms. The van der Waals surface area contributed by atoms with Crippen molar-refractivity contribution in [2.75, 3.05) is 12.8 Å². The van der Waals surface area contributed by atoms with Gasteiger partial charge in [-0.3, -0.25) is 0 Å². The second-order valence-corrected chi connectivity index (χ2v) is 4.46. The van der Waals surface area contributed by atoms with E-state index in [1.54, 1.807) is 7.11 Å². The van der Waals surface area contributed by atoms with E-state index in [1.807, 2.05) is 18.2 Å². The highest BCUT2D eigenvalue weighted by Crippen LogP contribution is 2.33. The topological polar surface area (TPSA) is 35.2 Å². The lowest BCUT2D eigenvalue weighted by Crippen LogP contribution is -1.93. The molecule has 2 rings (SSSR count). The Morgan fingerprint density at radius 3 is 2.39 bits per heavy atom. The van der Waals surface area contributed by atoms with Gasteiger partial charge in [-0.2, -0.15) is 0 Å². The Hall–Kier alpha value is -1.96. The third kappa shape index (κ3) is 2.33. The average molecular weight is 241 g/mol. The van der Waals surface area contributed by atoms with Crippen molar-refractivity contribution in [1.29, 1.82) is 0 Å². The summed E-state index contributed by atoms with van der Waals surface area (Å²) in [6.45, 7) is 4.21. The summed E-state index contributed by atoms with van der Waals surface area (Å²) >= 11 is 0. The van der Waals surface area contributed by atoms with E-state index in [2.05, 4.69) is 32.0 Å². The van der Waals surface area contributed by atoms with Crippen molar-refractivity contribution in [3.8, 4) is 16.9 Å². The lowest BCUT2D eigenvalue weighted by Gasteiger charge is -2.13. The van der Waals surface area contributed by atoms with Crippen LogP contribution in [0.3, 0.4) is 0 Å². The van der Waals surface area contributed by atoms with E-state index < -0.39 is 0 Å². The lowest BCUT2D eigenvalue weighted by molar-refractivity contribution is 0.416. The smallest absolute Gasteiger partial charge is 0.126 e. The molecule has 0 heterocycles. The highest BCUT2D eigenvalue weighted by molar-refractivity contribution is 5.75. The van der Waals surface area contributed by atoms with Crippen LogP contribution in [0.15, 0.2) is 36.4 Å². The molecule has 2 N–H and O–H groups in total. The van der Waals surface area contributed by atoms with Crippen LogP contribution in [0.5, 0.6) is 5.75 Å². The molecule has 0 aromatic heterocycles. The predicted octanol–water partition coefficient (Wildman–Crippen LogP) is 3.82. The number of benzene rings is 2. The monoisotopic (exact) mass is 241 g/mol. The summed E-state index contributed by atoms with van der Waals surface area (Å²) in [5, 5.41) is 0. The van der Waals surface area contributed by atoms with Gasteiger partial charge in [0.25, 0.3) is 0 Å². The minimum Gasteiger partial charge on any atom is -0.496 e. The zero-order chi connectivity index (χ0) is 13.1. The molecule has 0 spiro atoms. The summed E-state index contributed by atoms with van der Waals surface area (Å²) in [6, 6.07) is 12.3. The molecule has 2 aromatic carbocycles. The van der Waals surface area contributed by atoms with E-state index >= 15 is 0 Å². The molecule has 0 atom stereocenters. The number of nitrogen functional groups attached to an aromatic ring is 1. The average Bonchev–Trinajstić information content (AvgIpc) is 2.38. The second-order valence-electron chi connectivity index (χ2n) is 4.46. The predicted molar refractivity (Wildman–Crippen MR) is 77.0 cm³/mol. The van der Waals surface area contributed by atoms with Crippen LogP contribution in [0.2, 0.25) is 0 Å². The third-order valence-electron chi connectivity index (χ3n) is 3.21. The summed E-state index contributed by atoms with van der Waals surface area (Å²) in [5.41, 5.74) is 11.3. The van der Waals surface area contributed by atoms with E-state index in [0.717, 1.165) is 29.0 Å². The minimum atomic E-state index is 0.792. The highest BCUT2D eigenvalue weighted by atomic mass is 16.5. The first-order valence-electron chi connectivity index (χ1n) is 6.19. The number of methoxy groups -OCH3 is 1. The van der Waals surface area contributed by atoms with Gasteiger partial charge in [0.1, 0.15) is 5.75 Å². The van der Waals surface area contributed by atoms with Gasteiger partial charge in [0.05, 0.1) is 7.11 Å². The SMILES string of the molecule is CCc1ccc(-c2ccc(N)cc2C)c(OC)c1. The molecule has 0 aliphatic carbocycles. The Morgan fingerprint density at radius 2 is 1.78 bits per heavy atom. The van der Waals surface area contributed by atoms with Crippen LogP contribution < -0.4 is 10.5 Å². The van der Waals surface area contributed by atoms with Gasteiger partial charge in [0.15, 0.2) is 0 Å². The Balaban J connectivity index is 2.56. The summed E-state index contributed by atoms with van der Waals surface area (Å²) < 4.78 is 5.50. The maximum atomic E-state index is 5.79. The second kappa shape index (κ2) is 5.13. The van der Waals surface area contributed by atoms with Crippen LogP contribution in [0.1, 0.15) is 18.1 Å². The van der Waals surface area contributed by atoms with Crippen molar-refractivity contribution < 1.29 is 4.74 Å². The molecule has 18 heavy (non-hydrogen) atoms. The highest BCUT2D eigenvalue weighted by Gasteiger charge is 2.09. The van der Waals surface area contributed by atoms with Gasteiger partial charge >= 0.3 is 0 Å². The van der Waals surface area contributed by atoms with Crippen molar-refractivity contribution in [1.82, 2.24) is 0 Å². The number of ether oxygens (including phenoxy) is 1. The van der Waals surface area contributed by atoms with Gasteiger partial charge in [0.2, 0.25) is 0 Å². The normalized spacial score (nSPS) is 10.4. The number of hydrogen-bond acceptors (Lipinski definition) is 2. The molecular formula is C16H19NO. The first-order chi connectivity index (χ1) is 8.65. The Bertz CT molecular complexity index is 561. The molecular weight excluding hydrogens is 222 g/mol. The molecule has 0 radical (unpaired) electrons. The van der Waals surface area contributed by atoms with E-state index in [-0.39, 0.29) is 0 Å². The van der Waals surface area contributed by atoms with Crippen LogP contribution in [0.25, 0.3) is 11.1 Å². The molecule has 0 saturated carbocycles. The molecule has 94 valence electrons.